The lowest BCUT2D eigenvalue weighted by atomic mass is 10.1. The van der Waals surface area contributed by atoms with Gasteiger partial charge in [0.2, 0.25) is 10.0 Å². The molecule has 4 aromatic rings. The fraction of sp³-hybridized carbons (Fsp3) is 0.174. The van der Waals surface area contributed by atoms with Gasteiger partial charge in [-0.05, 0) is 48.9 Å². The number of para-hydroxylation sites is 1. The van der Waals surface area contributed by atoms with Gasteiger partial charge in [0.25, 0.3) is 5.91 Å². The van der Waals surface area contributed by atoms with Crippen molar-refractivity contribution in [3.63, 3.8) is 0 Å². The molecule has 8 nitrogen and oxygen atoms in total. The molecule has 0 aliphatic carbocycles. The van der Waals surface area contributed by atoms with Crippen LogP contribution in [0.15, 0.2) is 76.0 Å². The molecular formula is C23H20N2O6S2. The van der Waals surface area contributed by atoms with Crippen LogP contribution >= 0.6 is 0 Å². The first-order valence-electron chi connectivity index (χ1n) is 10.3. The summed E-state index contributed by atoms with van der Waals surface area (Å²) >= 11 is 0. The zero-order chi connectivity index (χ0) is 23.2. The number of fused-ring (bicyclic) bond motifs is 3. The number of carbonyl (C=O) groups excluding carboxylic acids is 1. The van der Waals surface area contributed by atoms with Crippen molar-refractivity contribution in [1.82, 2.24) is 4.72 Å². The summed E-state index contributed by atoms with van der Waals surface area (Å²) < 4.78 is 56.9. The summed E-state index contributed by atoms with van der Waals surface area (Å²) in [5.74, 6) is -0.737. The zero-order valence-corrected chi connectivity index (χ0v) is 18.9. The molecule has 1 unspecified atom stereocenters. The third kappa shape index (κ3) is 4.37. The molecule has 0 bridgehead atoms. The number of benzene rings is 3. The highest BCUT2D eigenvalue weighted by atomic mass is 32.2. The molecule has 1 aromatic heterocycles. The Labute approximate surface area is 190 Å². The van der Waals surface area contributed by atoms with Crippen molar-refractivity contribution in [2.45, 2.75) is 17.4 Å². The molecule has 170 valence electrons. The van der Waals surface area contributed by atoms with Crippen LogP contribution < -0.4 is 10.0 Å². The fourth-order valence-electron chi connectivity index (χ4n) is 3.99. The van der Waals surface area contributed by atoms with Crippen molar-refractivity contribution in [3.05, 3.63) is 72.3 Å². The second-order valence-electron chi connectivity index (χ2n) is 8.01. The number of hydrogen-bond acceptors (Lipinski definition) is 6. The summed E-state index contributed by atoms with van der Waals surface area (Å²) in [6, 6.07) is 17.8. The van der Waals surface area contributed by atoms with Crippen LogP contribution in [-0.4, -0.2) is 40.3 Å². The van der Waals surface area contributed by atoms with Crippen molar-refractivity contribution < 1.29 is 26.0 Å². The van der Waals surface area contributed by atoms with Crippen molar-refractivity contribution in [1.29, 1.82) is 0 Å². The van der Waals surface area contributed by atoms with Crippen LogP contribution in [0.25, 0.3) is 21.9 Å². The number of anilines is 1. The molecule has 10 heteroatoms. The number of rotatable bonds is 5. The van der Waals surface area contributed by atoms with E-state index in [9.17, 15) is 21.6 Å². The van der Waals surface area contributed by atoms with E-state index in [4.69, 9.17) is 4.42 Å². The number of sulfonamides is 1. The maximum atomic E-state index is 12.8. The molecule has 2 N–H and O–H groups in total. The topological polar surface area (TPSA) is 123 Å². The van der Waals surface area contributed by atoms with Gasteiger partial charge in [0.1, 0.15) is 11.2 Å². The molecule has 5 rings (SSSR count). The largest absolute Gasteiger partial charge is 0.456 e. The summed E-state index contributed by atoms with van der Waals surface area (Å²) in [5.41, 5.74) is 2.15. The molecule has 2 heterocycles. The number of sulfone groups is 1. The molecule has 1 atom stereocenters. The normalized spacial score (nSPS) is 18.0. The van der Waals surface area contributed by atoms with Crippen molar-refractivity contribution >= 4 is 53.4 Å². The lowest BCUT2D eigenvalue weighted by molar-refractivity contribution is 0.102. The van der Waals surface area contributed by atoms with Gasteiger partial charge < -0.3 is 9.73 Å². The summed E-state index contributed by atoms with van der Waals surface area (Å²) in [5, 5.41) is 4.58. The van der Waals surface area contributed by atoms with Crippen LogP contribution in [0.5, 0.6) is 0 Å². The van der Waals surface area contributed by atoms with E-state index in [0.717, 1.165) is 16.4 Å². The summed E-state index contributed by atoms with van der Waals surface area (Å²) in [4.78, 5) is 12.7. The van der Waals surface area contributed by atoms with E-state index in [1.807, 2.05) is 30.3 Å². The van der Waals surface area contributed by atoms with E-state index in [1.54, 1.807) is 12.1 Å². The van der Waals surface area contributed by atoms with Crippen LogP contribution in [-0.2, 0) is 19.9 Å². The Hall–Kier alpha value is -3.21. The molecule has 3 aromatic carbocycles. The second-order valence-corrected chi connectivity index (χ2v) is 12.0. The molecule has 1 fully saturated rings. The highest BCUT2D eigenvalue weighted by molar-refractivity contribution is 7.92. The number of amides is 1. The average molecular weight is 485 g/mol. The highest BCUT2D eigenvalue weighted by Crippen LogP contribution is 2.30. The number of carbonyl (C=O) groups is 1. The number of hydrogen-bond donors (Lipinski definition) is 2. The highest BCUT2D eigenvalue weighted by Gasteiger charge is 2.31. The minimum Gasteiger partial charge on any atom is -0.456 e. The van der Waals surface area contributed by atoms with Gasteiger partial charge in [-0.1, -0.05) is 24.3 Å². The lowest BCUT2D eigenvalue weighted by Gasteiger charge is -2.12. The quantitative estimate of drug-likeness (QED) is 0.448. The Morgan fingerprint density at radius 3 is 2.52 bits per heavy atom. The maximum absolute atomic E-state index is 12.8. The predicted molar refractivity (Wildman–Crippen MR) is 125 cm³/mol. The van der Waals surface area contributed by atoms with E-state index >= 15 is 0 Å². The molecule has 1 amide bonds. The van der Waals surface area contributed by atoms with Crippen molar-refractivity contribution in [2.75, 3.05) is 16.8 Å². The number of nitrogens with one attached hydrogen (secondary N) is 2. The molecular weight excluding hydrogens is 464 g/mol. The van der Waals surface area contributed by atoms with Crippen LogP contribution in [0.3, 0.4) is 0 Å². The first kappa shape index (κ1) is 21.6. The first-order chi connectivity index (χ1) is 15.7. The van der Waals surface area contributed by atoms with Gasteiger partial charge in [-0.3, -0.25) is 4.79 Å². The van der Waals surface area contributed by atoms with Crippen LogP contribution in [0.1, 0.15) is 16.8 Å². The van der Waals surface area contributed by atoms with Gasteiger partial charge in [-0.25, -0.2) is 21.6 Å². The van der Waals surface area contributed by atoms with Gasteiger partial charge >= 0.3 is 0 Å². The average Bonchev–Trinajstić information content (AvgIpc) is 3.32. The molecule has 1 aliphatic heterocycles. The van der Waals surface area contributed by atoms with Crippen LogP contribution in [0.4, 0.5) is 5.69 Å². The Balaban J connectivity index is 1.37. The van der Waals surface area contributed by atoms with E-state index in [-0.39, 0.29) is 28.4 Å². The standard InChI is InChI=1S/C23H20N2O6S2/c26-23(24-16-8-9-22-20(13-16)19-6-1-2-7-21(19)31-22)15-4-3-5-18(12-15)33(29,30)25-17-10-11-32(27,28)14-17/h1-9,12-13,17,25H,10-11,14H2,(H,24,26). The molecule has 1 aliphatic rings. The van der Waals surface area contributed by atoms with Gasteiger partial charge in [0.05, 0.1) is 16.4 Å². The van der Waals surface area contributed by atoms with Crippen molar-refractivity contribution in [2.24, 2.45) is 0 Å². The van der Waals surface area contributed by atoms with Gasteiger partial charge in [0, 0.05) is 28.1 Å². The Kier molecular flexibility index (Phi) is 5.23. The SMILES string of the molecule is O=C(Nc1ccc2oc3ccccc3c2c1)c1cccc(S(=O)(=O)NC2CCS(=O)(=O)C2)c1. The lowest BCUT2D eigenvalue weighted by Crippen LogP contribution is -2.35. The zero-order valence-electron chi connectivity index (χ0n) is 17.3. The Bertz CT molecular complexity index is 1610. The van der Waals surface area contributed by atoms with Crippen molar-refractivity contribution in [3.8, 4) is 0 Å². The monoisotopic (exact) mass is 484 g/mol. The summed E-state index contributed by atoms with van der Waals surface area (Å²) in [6.07, 6.45) is 0.229. The maximum Gasteiger partial charge on any atom is 0.255 e. The van der Waals surface area contributed by atoms with E-state index in [2.05, 4.69) is 10.0 Å². The molecule has 0 radical (unpaired) electrons. The minimum atomic E-state index is -3.98. The molecule has 0 saturated carbocycles. The summed E-state index contributed by atoms with van der Waals surface area (Å²) in [7, 11) is -7.20. The molecule has 33 heavy (non-hydrogen) atoms. The van der Waals surface area contributed by atoms with Gasteiger partial charge in [-0.2, -0.15) is 0 Å². The smallest absolute Gasteiger partial charge is 0.255 e. The van der Waals surface area contributed by atoms with E-state index in [1.165, 1.54) is 24.3 Å². The molecule has 0 spiro atoms. The third-order valence-corrected chi connectivity index (χ3v) is 8.88. The van der Waals surface area contributed by atoms with Crippen LogP contribution in [0, 0.1) is 0 Å². The van der Waals surface area contributed by atoms with Gasteiger partial charge in [0.15, 0.2) is 9.84 Å². The van der Waals surface area contributed by atoms with Crippen LogP contribution in [0.2, 0.25) is 0 Å². The fourth-order valence-corrected chi connectivity index (χ4v) is 7.08. The minimum absolute atomic E-state index is 0.0427. The Morgan fingerprint density at radius 1 is 0.939 bits per heavy atom. The Morgan fingerprint density at radius 2 is 1.73 bits per heavy atom. The second kappa shape index (κ2) is 7.98. The predicted octanol–water partition coefficient (Wildman–Crippen LogP) is 3.30. The van der Waals surface area contributed by atoms with Gasteiger partial charge in [-0.15, -0.1) is 0 Å². The van der Waals surface area contributed by atoms with E-state index in [0.29, 0.717) is 11.3 Å². The summed E-state index contributed by atoms with van der Waals surface area (Å²) in [6.45, 7) is 0. The van der Waals surface area contributed by atoms with E-state index < -0.39 is 31.8 Å². The molecule has 1 saturated heterocycles. The first-order valence-corrected chi connectivity index (χ1v) is 13.6. The third-order valence-electron chi connectivity index (χ3n) is 5.60. The number of furan rings is 1.